The number of benzene rings is 1. The van der Waals surface area contributed by atoms with E-state index in [0.717, 1.165) is 4.47 Å². The highest BCUT2D eigenvalue weighted by atomic mass is 79.9. The summed E-state index contributed by atoms with van der Waals surface area (Å²) in [5.41, 5.74) is 0.729. The molecule has 7 heteroatoms. The van der Waals surface area contributed by atoms with Gasteiger partial charge in [0.25, 0.3) is 0 Å². The average molecular weight is 354 g/mol. The maximum Gasteiger partial charge on any atom is 0.321 e. The Bertz CT molecular complexity index is 583. The number of amides is 2. The lowest BCUT2D eigenvalue weighted by molar-refractivity contribution is -0.141. The summed E-state index contributed by atoms with van der Waals surface area (Å²) in [6, 6.07) is 6.51. The second-order valence-electron chi connectivity index (χ2n) is 4.51. The quantitative estimate of drug-likeness (QED) is 0.850. The molecule has 0 heterocycles. The van der Waals surface area contributed by atoms with E-state index in [1.807, 2.05) is 6.07 Å². The molecule has 0 fully saturated rings. The van der Waals surface area contributed by atoms with Crippen LogP contribution < -0.4 is 5.32 Å². The number of nitriles is 1. The van der Waals surface area contributed by atoms with Crippen LogP contribution in [0.2, 0.25) is 0 Å². The molecule has 1 rings (SSSR count). The molecule has 6 nitrogen and oxygen atoms in total. The van der Waals surface area contributed by atoms with Gasteiger partial charge in [-0.1, -0.05) is 22.9 Å². The molecule has 1 aromatic rings. The molecule has 0 aliphatic heterocycles. The maximum absolute atomic E-state index is 12.2. The molecule has 0 saturated heterocycles. The van der Waals surface area contributed by atoms with Crippen LogP contribution >= 0.6 is 15.9 Å². The first-order valence-electron chi connectivity index (χ1n) is 6.37. The van der Waals surface area contributed by atoms with Crippen molar-refractivity contribution in [2.75, 3.05) is 18.4 Å². The number of hydrogen-bond acceptors (Lipinski definition) is 3. The van der Waals surface area contributed by atoms with Gasteiger partial charge in [-0.3, -0.25) is 4.79 Å². The van der Waals surface area contributed by atoms with Crippen molar-refractivity contribution < 1.29 is 14.7 Å². The molecule has 0 aliphatic carbocycles. The van der Waals surface area contributed by atoms with Crippen molar-refractivity contribution in [1.29, 1.82) is 5.26 Å². The SMILES string of the molecule is CCN(CC(C)C(=O)O)C(=O)Nc1ccc(Br)cc1C#N. The molecular formula is C14H16BrN3O3. The number of anilines is 1. The molecule has 0 aromatic heterocycles. The smallest absolute Gasteiger partial charge is 0.321 e. The fourth-order valence-corrected chi connectivity index (χ4v) is 2.04. The molecule has 0 bridgehead atoms. The number of nitrogens with zero attached hydrogens (tertiary/aromatic N) is 2. The van der Waals surface area contributed by atoms with E-state index in [9.17, 15) is 9.59 Å². The summed E-state index contributed by atoms with van der Waals surface area (Å²) in [6.45, 7) is 3.79. The van der Waals surface area contributed by atoms with Crippen LogP contribution in [0.5, 0.6) is 0 Å². The van der Waals surface area contributed by atoms with Crippen molar-refractivity contribution >= 4 is 33.6 Å². The van der Waals surface area contributed by atoms with Crippen molar-refractivity contribution in [3.63, 3.8) is 0 Å². The Labute approximate surface area is 131 Å². The number of rotatable bonds is 5. The molecule has 2 N–H and O–H groups in total. The summed E-state index contributed by atoms with van der Waals surface area (Å²) in [7, 11) is 0. The monoisotopic (exact) mass is 353 g/mol. The number of aliphatic carboxylic acids is 1. The molecule has 112 valence electrons. The van der Waals surface area contributed by atoms with Gasteiger partial charge in [0.15, 0.2) is 0 Å². The van der Waals surface area contributed by atoms with Crippen LogP contribution in [0.15, 0.2) is 22.7 Å². The van der Waals surface area contributed by atoms with Crippen LogP contribution in [-0.4, -0.2) is 35.1 Å². The lowest BCUT2D eigenvalue weighted by Crippen LogP contribution is -2.39. The third-order valence-corrected chi connectivity index (χ3v) is 3.42. The van der Waals surface area contributed by atoms with Gasteiger partial charge in [0, 0.05) is 17.6 Å². The molecule has 1 unspecified atom stereocenters. The zero-order chi connectivity index (χ0) is 16.0. The Morgan fingerprint density at radius 1 is 1.52 bits per heavy atom. The van der Waals surface area contributed by atoms with Crippen molar-refractivity contribution in [3.05, 3.63) is 28.2 Å². The number of halogens is 1. The number of carboxylic acid groups (broad SMARTS) is 1. The highest BCUT2D eigenvalue weighted by molar-refractivity contribution is 9.10. The van der Waals surface area contributed by atoms with E-state index in [4.69, 9.17) is 10.4 Å². The number of hydrogen-bond donors (Lipinski definition) is 2. The van der Waals surface area contributed by atoms with Crippen LogP contribution in [0, 0.1) is 17.2 Å². The molecule has 1 aromatic carbocycles. The Kier molecular flexibility index (Phi) is 6.18. The highest BCUT2D eigenvalue weighted by Gasteiger charge is 2.20. The van der Waals surface area contributed by atoms with E-state index in [1.54, 1.807) is 32.0 Å². The second kappa shape index (κ2) is 7.64. The van der Waals surface area contributed by atoms with Crippen LogP contribution in [0.4, 0.5) is 10.5 Å². The minimum absolute atomic E-state index is 0.107. The van der Waals surface area contributed by atoms with E-state index in [0.29, 0.717) is 17.8 Å². The molecular weight excluding hydrogens is 338 g/mol. The number of urea groups is 1. The molecule has 2 amide bonds. The normalized spacial score (nSPS) is 11.3. The van der Waals surface area contributed by atoms with Crippen molar-refractivity contribution in [2.45, 2.75) is 13.8 Å². The number of carboxylic acids is 1. The largest absolute Gasteiger partial charge is 0.481 e. The van der Waals surface area contributed by atoms with Gasteiger partial charge in [0.1, 0.15) is 6.07 Å². The summed E-state index contributed by atoms with van der Waals surface area (Å²) in [6.07, 6.45) is 0. The first kappa shape index (κ1) is 17.0. The summed E-state index contributed by atoms with van der Waals surface area (Å²) in [4.78, 5) is 24.4. The molecule has 1 atom stereocenters. The van der Waals surface area contributed by atoms with E-state index >= 15 is 0 Å². The Morgan fingerprint density at radius 3 is 2.71 bits per heavy atom. The van der Waals surface area contributed by atoms with Crippen LogP contribution in [0.1, 0.15) is 19.4 Å². The van der Waals surface area contributed by atoms with Gasteiger partial charge in [-0.05, 0) is 25.1 Å². The summed E-state index contributed by atoms with van der Waals surface area (Å²) >= 11 is 3.26. The van der Waals surface area contributed by atoms with Gasteiger partial charge in [-0.2, -0.15) is 5.26 Å². The second-order valence-corrected chi connectivity index (χ2v) is 5.43. The standard InChI is InChI=1S/C14H16BrN3O3/c1-3-18(8-9(2)13(19)20)14(21)17-12-5-4-11(15)6-10(12)7-16/h4-6,9H,3,8H2,1-2H3,(H,17,21)(H,19,20). The molecule has 0 radical (unpaired) electrons. The summed E-state index contributed by atoms with van der Waals surface area (Å²) < 4.78 is 0.740. The highest BCUT2D eigenvalue weighted by Crippen LogP contribution is 2.20. The minimum atomic E-state index is -0.956. The summed E-state index contributed by atoms with van der Waals surface area (Å²) in [5, 5.41) is 20.6. The van der Waals surface area contributed by atoms with Crippen LogP contribution in [0.25, 0.3) is 0 Å². The molecule has 0 saturated carbocycles. The van der Waals surface area contributed by atoms with Crippen LogP contribution in [-0.2, 0) is 4.79 Å². The average Bonchev–Trinajstić information content (AvgIpc) is 2.45. The van der Waals surface area contributed by atoms with Gasteiger partial charge >= 0.3 is 12.0 Å². The summed E-state index contributed by atoms with van der Waals surface area (Å²) in [5.74, 6) is -1.61. The number of carbonyl (C=O) groups excluding carboxylic acids is 1. The van der Waals surface area contributed by atoms with Gasteiger partial charge in [0.2, 0.25) is 0 Å². The maximum atomic E-state index is 12.2. The van der Waals surface area contributed by atoms with Gasteiger partial charge in [0.05, 0.1) is 17.2 Å². The predicted octanol–water partition coefficient (Wildman–Crippen LogP) is 2.90. The van der Waals surface area contributed by atoms with Crippen LogP contribution in [0.3, 0.4) is 0 Å². The molecule has 0 aliphatic rings. The Balaban J connectivity index is 2.84. The first-order valence-corrected chi connectivity index (χ1v) is 7.16. The van der Waals surface area contributed by atoms with Crippen molar-refractivity contribution in [3.8, 4) is 6.07 Å². The predicted molar refractivity (Wildman–Crippen MR) is 81.9 cm³/mol. The fraction of sp³-hybridized carbons (Fsp3) is 0.357. The topological polar surface area (TPSA) is 93.4 Å². The fourth-order valence-electron chi connectivity index (χ4n) is 1.68. The van der Waals surface area contributed by atoms with Gasteiger partial charge in [-0.25, -0.2) is 4.79 Å². The van der Waals surface area contributed by atoms with E-state index in [2.05, 4.69) is 21.2 Å². The minimum Gasteiger partial charge on any atom is -0.481 e. The van der Waals surface area contributed by atoms with E-state index in [1.165, 1.54) is 4.90 Å². The zero-order valence-electron chi connectivity index (χ0n) is 11.8. The number of nitrogens with one attached hydrogen (secondary N) is 1. The first-order chi connectivity index (χ1) is 9.88. The Hall–Kier alpha value is -2.07. The number of carbonyl (C=O) groups is 2. The van der Waals surface area contributed by atoms with Crippen molar-refractivity contribution in [2.24, 2.45) is 5.92 Å². The lowest BCUT2D eigenvalue weighted by atomic mass is 10.1. The van der Waals surface area contributed by atoms with Gasteiger partial charge in [-0.15, -0.1) is 0 Å². The third kappa shape index (κ3) is 4.76. The van der Waals surface area contributed by atoms with E-state index < -0.39 is 17.9 Å². The Morgan fingerprint density at radius 2 is 2.19 bits per heavy atom. The van der Waals surface area contributed by atoms with Gasteiger partial charge < -0.3 is 15.3 Å². The van der Waals surface area contributed by atoms with E-state index in [-0.39, 0.29) is 6.54 Å². The molecule has 21 heavy (non-hydrogen) atoms. The third-order valence-electron chi connectivity index (χ3n) is 2.93. The zero-order valence-corrected chi connectivity index (χ0v) is 13.3. The van der Waals surface area contributed by atoms with Crippen molar-refractivity contribution in [1.82, 2.24) is 4.90 Å². The lowest BCUT2D eigenvalue weighted by Gasteiger charge is -2.23. The molecule has 0 spiro atoms.